The Morgan fingerprint density at radius 2 is 1.67 bits per heavy atom. The maximum atomic E-state index is 6.73. The zero-order chi connectivity index (χ0) is 13.4. The van der Waals surface area contributed by atoms with E-state index in [1.165, 1.54) is 19.3 Å². The fraction of sp³-hybridized carbons (Fsp3) is 1.00. The van der Waals surface area contributed by atoms with Crippen LogP contribution in [-0.2, 0) is 4.74 Å². The van der Waals surface area contributed by atoms with Crippen molar-refractivity contribution in [2.45, 2.75) is 84.3 Å². The van der Waals surface area contributed by atoms with Gasteiger partial charge in [0.1, 0.15) is 0 Å². The Morgan fingerprint density at radius 3 is 2.17 bits per heavy atom. The van der Waals surface area contributed by atoms with Crippen LogP contribution in [0.15, 0.2) is 0 Å². The van der Waals surface area contributed by atoms with E-state index in [1.807, 2.05) is 0 Å². The van der Waals surface area contributed by atoms with E-state index in [-0.39, 0.29) is 5.54 Å². The lowest BCUT2D eigenvalue weighted by molar-refractivity contribution is 0.0308. The first-order valence-corrected chi connectivity index (χ1v) is 7.60. The summed E-state index contributed by atoms with van der Waals surface area (Å²) >= 11 is 0. The molecule has 1 aliphatic carbocycles. The Morgan fingerprint density at radius 1 is 1.06 bits per heavy atom. The van der Waals surface area contributed by atoms with Gasteiger partial charge in [0.15, 0.2) is 0 Å². The second-order valence-electron chi connectivity index (χ2n) is 8.39. The van der Waals surface area contributed by atoms with Crippen molar-refractivity contribution in [3.05, 3.63) is 0 Å². The Kier molecular flexibility index (Phi) is 3.81. The van der Waals surface area contributed by atoms with E-state index in [4.69, 9.17) is 10.5 Å². The highest BCUT2D eigenvalue weighted by Crippen LogP contribution is 2.50. The smallest absolute Gasteiger partial charge is 0.0576 e. The first-order valence-electron chi connectivity index (χ1n) is 7.60. The number of rotatable bonds is 3. The molecule has 2 nitrogen and oxygen atoms in total. The van der Waals surface area contributed by atoms with Gasteiger partial charge in [-0.25, -0.2) is 0 Å². The van der Waals surface area contributed by atoms with Gasteiger partial charge >= 0.3 is 0 Å². The largest absolute Gasteiger partial charge is 0.378 e. The monoisotopic (exact) mass is 253 g/mol. The van der Waals surface area contributed by atoms with Gasteiger partial charge in [0, 0.05) is 12.1 Å². The number of hydrogen-bond acceptors (Lipinski definition) is 2. The summed E-state index contributed by atoms with van der Waals surface area (Å²) in [5, 5.41) is 0. The molecule has 2 heteroatoms. The molecular weight excluding hydrogens is 222 g/mol. The molecule has 0 amide bonds. The predicted octanol–water partition coefficient (Wildman–Crippen LogP) is 3.88. The molecule has 1 aliphatic heterocycles. The predicted molar refractivity (Wildman–Crippen MR) is 76.5 cm³/mol. The van der Waals surface area contributed by atoms with Crippen LogP contribution < -0.4 is 5.73 Å². The summed E-state index contributed by atoms with van der Waals surface area (Å²) < 4.78 is 5.74. The normalized spacial score (nSPS) is 33.5. The fourth-order valence-corrected chi connectivity index (χ4v) is 4.89. The van der Waals surface area contributed by atoms with E-state index in [1.54, 1.807) is 0 Å². The fourth-order valence-electron chi connectivity index (χ4n) is 4.89. The molecule has 1 saturated carbocycles. The third-order valence-corrected chi connectivity index (χ3v) is 4.61. The minimum atomic E-state index is 0.0250. The van der Waals surface area contributed by atoms with Gasteiger partial charge in [-0.1, -0.05) is 27.7 Å². The van der Waals surface area contributed by atoms with Crippen LogP contribution in [0.1, 0.15) is 72.6 Å². The second kappa shape index (κ2) is 4.79. The maximum Gasteiger partial charge on any atom is 0.0576 e. The standard InChI is InChI=1S/C16H31NO/c1-14(2)10-15(3,4)12-16(17,11-14)8-7-13-6-5-9-18-13/h13H,5-12,17H2,1-4H3. The van der Waals surface area contributed by atoms with Crippen LogP contribution in [0.5, 0.6) is 0 Å². The van der Waals surface area contributed by atoms with Crippen LogP contribution in [0.3, 0.4) is 0 Å². The minimum absolute atomic E-state index is 0.0250. The van der Waals surface area contributed by atoms with Gasteiger partial charge in [0.2, 0.25) is 0 Å². The van der Waals surface area contributed by atoms with Gasteiger partial charge in [0.25, 0.3) is 0 Å². The van der Waals surface area contributed by atoms with Gasteiger partial charge < -0.3 is 10.5 Å². The zero-order valence-corrected chi connectivity index (χ0v) is 12.7. The molecule has 0 aromatic rings. The average Bonchev–Trinajstić information content (AvgIpc) is 2.60. The molecule has 0 radical (unpaired) electrons. The zero-order valence-electron chi connectivity index (χ0n) is 12.7. The van der Waals surface area contributed by atoms with E-state index in [0.29, 0.717) is 16.9 Å². The van der Waals surface area contributed by atoms with Crippen molar-refractivity contribution >= 4 is 0 Å². The molecule has 0 bridgehead atoms. The van der Waals surface area contributed by atoms with E-state index in [0.717, 1.165) is 32.3 Å². The first-order chi connectivity index (χ1) is 8.20. The highest BCUT2D eigenvalue weighted by molar-refractivity contribution is 5.00. The quantitative estimate of drug-likeness (QED) is 0.828. The van der Waals surface area contributed by atoms with Crippen molar-refractivity contribution in [2.24, 2.45) is 16.6 Å². The highest BCUT2D eigenvalue weighted by atomic mass is 16.5. The topological polar surface area (TPSA) is 35.2 Å². The van der Waals surface area contributed by atoms with E-state index >= 15 is 0 Å². The molecule has 1 saturated heterocycles. The van der Waals surface area contributed by atoms with Crippen molar-refractivity contribution in [3.8, 4) is 0 Å². The molecular formula is C16H31NO. The lowest BCUT2D eigenvalue weighted by Gasteiger charge is -2.50. The Labute approximate surface area is 113 Å². The summed E-state index contributed by atoms with van der Waals surface area (Å²) in [6, 6.07) is 0. The van der Waals surface area contributed by atoms with Crippen molar-refractivity contribution in [2.75, 3.05) is 6.61 Å². The molecule has 0 aromatic carbocycles. The third-order valence-electron chi connectivity index (χ3n) is 4.61. The lowest BCUT2D eigenvalue weighted by Crippen LogP contribution is -2.52. The number of hydrogen-bond donors (Lipinski definition) is 1. The van der Waals surface area contributed by atoms with Gasteiger partial charge in [0.05, 0.1) is 6.10 Å². The number of ether oxygens (including phenoxy) is 1. The summed E-state index contributed by atoms with van der Waals surface area (Å²) in [5.74, 6) is 0. The van der Waals surface area contributed by atoms with Gasteiger partial charge in [-0.2, -0.15) is 0 Å². The Bertz CT molecular complexity index is 273. The summed E-state index contributed by atoms with van der Waals surface area (Å²) in [5.41, 5.74) is 7.52. The van der Waals surface area contributed by atoms with Crippen LogP contribution in [0.4, 0.5) is 0 Å². The summed E-state index contributed by atoms with van der Waals surface area (Å²) in [6.07, 6.45) is 8.86. The Balaban J connectivity index is 1.95. The van der Waals surface area contributed by atoms with Crippen LogP contribution in [0, 0.1) is 10.8 Å². The van der Waals surface area contributed by atoms with Crippen LogP contribution in [-0.4, -0.2) is 18.2 Å². The van der Waals surface area contributed by atoms with Crippen molar-refractivity contribution in [1.82, 2.24) is 0 Å². The average molecular weight is 253 g/mol. The minimum Gasteiger partial charge on any atom is -0.378 e. The molecule has 0 spiro atoms. The van der Waals surface area contributed by atoms with Gasteiger partial charge in [-0.15, -0.1) is 0 Å². The molecule has 2 rings (SSSR count). The van der Waals surface area contributed by atoms with Crippen LogP contribution in [0.2, 0.25) is 0 Å². The molecule has 18 heavy (non-hydrogen) atoms. The summed E-state index contributed by atoms with van der Waals surface area (Å²) in [6.45, 7) is 10.5. The maximum absolute atomic E-state index is 6.73. The van der Waals surface area contributed by atoms with Gasteiger partial charge in [-0.3, -0.25) is 0 Å². The molecule has 2 aliphatic rings. The van der Waals surface area contributed by atoms with Crippen molar-refractivity contribution < 1.29 is 4.74 Å². The van der Waals surface area contributed by atoms with Crippen molar-refractivity contribution in [1.29, 1.82) is 0 Å². The number of nitrogens with two attached hydrogens (primary N) is 1. The lowest BCUT2D eigenvalue weighted by atomic mass is 9.57. The first kappa shape index (κ1) is 14.3. The second-order valence-corrected chi connectivity index (χ2v) is 8.39. The van der Waals surface area contributed by atoms with Crippen LogP contribution in [0.25, 0.3) is 0 Å². The molecule has 0 aromatic heterocycles. The molecule has 106 valence electrons. The van der Waals surface area contributed by atoms with Crippen LogP contribution >= 0.6 is 0 Å². The van der Waals surface area contributed by atoms with Gasteiger partial charge in [-0.05, 0) is 55.8 Å². The SMILES string of the molecule is CC1(C)CC(C)(C)CC(N)(CCC2CCCO2)C1. The Hall–Kier alpha value is -0.0800. The molecule has 2 fully saturated rings. The molecule has 1 unspecified atom stereocenters. The third kappa shape index (κ3) is 3.71. The van der Waals surface area contributed by atoms with E-state index in [9.17, 15) is 0 Å². The summed E-state index contributed by atoms with van der Waals surface area (Å²) in [7, 11) is 0. The molecule has 1 atom stereocenters. The van der Waals surface area contributed by atoms with E-state index < -0.39 is 0 Å². The van der Waals surface area contributed by atoms with Crippen molar-refractivity contribution in [3.63, 3.8) is 0 Å². The highest BCUT2D eigenvalue weighted by Gasteiger charge is 2.45. The van der Waals surface area contributed by atoms with E-state index in [2.05, 4.69) is 27.7 Å². The molecule has 2 N–H and O–H groups in total. The summed E-state index contributed by atoms with van der Waals surface area (Å²) in [4.78, 5) is 0. The molecule has 1 heterocycles.